The first-order chi connectivity index (χ1) is 15.6. The fourth-order valence-electron chi connectivity index (χ4n) is 5.34. The summed E-state index contributed by atoms with van der Waals surface area (Å²) < 4.78 is 6.51. The Kier molecular flexibility index (Phi) is 5.89. The molecule has 6 heteroatoms. The summed E-state index contributed by atoms with van der Waals surface area (Å²) >= 11 is 6.74. The highest BCUT2D eigenvalue weighted by Gasteiger charge is 2.42. The van der Waals surface area contributed by atoms with E-state index in [-0.39, 0.29) is 12.1 Å². The van der Waals surface area contributed by atoms with Crippen LogP contribution in [0.25, 0.3) is 11.0 Å². The summed E-state index contributed by atoms with van der Waals surface area (Å²) in [6.45, 7) is 6.21. The van der Waals surface area contributed by atoms with Crippen LogP contribution >= 0.6 is 11.6 Å². The van der Waals surface area contributed by atoms with Gasteiger partial charge in [-0.25, -0.2) is 0 Å². The first-order valence-corrected chi connectivity index (χ1v) is 11.8. The number of aliphatic hydroxyl groups excluding tert-OH is 1. The van der Waals surface area contributed by atoms with Gasteiger partial charge in [-0.05, 0) is 30.5 Å². The van der Waals surface area contributed by atoms with Gasteiger partial charge in [-0.15, -0.1) is 0 Å². The van der Waals surface area contributed by atoms with Crippen molar-refractivity contribution in [1.29, 1.82) is 0 Å². The quantitative estimate of drug-likeness (QED) is 0.447. The highest BCUT2D eigenvalue weighted by molar-refractivity contribution is 6.34. The number of hydrogen-bond donors (Lipinski definition) is 3. The van der Waals surface area contributed by atoms with E-state index in [0.29, 0.717) is 18.1 Å². The SMILES string of the molecule is C=C1Nc2c(Cl)cc3cc(CN(CCO)Cc4ccccc4)oc3c2C2(CCCCC2)N1. The van der Waals surface area contributed by atoms with Gasteiger partial charge in [0.2, 0.25) is 0 Å². The lowest BCUT2D eigenvalue weighted by molar-refractivity contribution is 0.175. The number of nitrogens with one attached hydrogen (secondary N) is 2. The van der Waals surface area contributed by atoms with Crippen LogP contribution in [0.1, 0.15) is 49.0 Å². The van der Waals surface area contributed by atoms with Gasteiger partial charge in [-0.2, -0.15) is 0 Å². The molecule has 0 radical (unpaired) electrons. The zero-order chi connectivity index (χ0) is 22.1. The van der Waals surface area contributed by atoms with Gasteiger partial charge < -0.3 is 20.2 Å². The van der Waals surface area contributed by atoms with Crippen LogP contribution in [0.2, 0.25) is 5.02 Å². The summed E-state index contributed by atoms with van der Waals surface area (Å²) in [6.07, 6.45) is 5.67. The van der Waals surface area contributed by atoms with Crippen LogP contribution in [0.4, 0.5) is 5.69 Å². The van der Waals surface area contributed by atoms with E-state index in [2.05, 4.69) is 40.3 Å². The van der Waals surface area contributed by atoms with E-state index in [4.69, 9.17) is 16.0 Å². The van der Waals surface area contributed by atoms with Crippen LogP contribution in [0, 0.1) is 0 Å². The molecule has 2 aliphatic rings. The Balaban J connectivity index is 1.53. The Morgan fingerprint density at radius 3 is 2.62 bits per heavy atom. The monoisotopic (exact) mass is 451 g/mol. The summed E-state index contributed by atoms with van der Waals surface area (Å²) in [6, 6.07) is 14.4. The number of fused-ring (bicyclic) bond motifs is 4. The smallest absolute Gasteiger partial charge is 0.142 e. The zero-order valence-corrected chi connectivity index (χ0v) is 19.0. The Labute approximate surface area is 194 Å². The molecule has 1 aliphatic heterocycles. The van der Waals surface area contributed by atoms with E-state index in [1.807, 2.05) is 24.3 Å². The van der Waals surface area contributed by atoms with Gasteiger partial charge in [-0.3, -0.25) is 4.90 Å². The summed E-state index contributed by atoms with van der Waals surface area (Å²) in [4.78, 5) is 2.20. The molecule has 32 heavy (non-hydrogen) atoms. The standard InChI is InChI=1S/C26H30ClN3O2/c1-18-28-24-22(27)15-20-14-21(17-30(12-13-31)16-19-8-4-2-5-9-19)32-25(20)23(24)26(29-18)10-6-3-7-11-26/h2,4-5,8-9,14-15,28-29,31H,1,3,6-7,10-13,16-17H2. The number of nitrogens with zero attached hydrogens (tertiary/aromatic N) is 1. The third-order valence-corrected chi connectivity index (χ3v) is 7.00. The minimum Gasteiger partial charge on any atom is -0.459 e. The molecule has 1 spiro atoms. The Morgan fingerprint density at radius 2 is 1.88 bits per heavy atom. The molecule has 0 bridgehead atoms. The number of furan rings is 1. The lowest BCUT2D eigenvalue weighted by Crippen LogP contribution is -2.48. The number of benzene rings is 2. The molecule has 168 valence electrons. The lowest BCUT2D eigenvalue weighted by Gasteiger charge is -2.44. The summed E-state index contributed by atoms with van der Waals surface area (Å²) in [5.74, 6) is 1.67. The molecule has 0 atom stereocenters. The summed E-state index contributed by atoms with van der Waals surface area (Å²) in [5, 5.41) is 18.3. The molecule has 0 saturated heterocycles. The first kappa shape index (κ1) is 21.4. The zero-order valence-electron chi connectivity index (χ0n) is 18.3. The van der Waals surface area contributed by atoms with E-state index in [9.17, 15) is 5.11 Å². The molecule has 1 aliphatic carbocycles. The van der Waals surface area contributed by atoms with Gasteiger partial charge in [0, 0.05) is 24.0 Å². The molecule has 5 nitrogen and oxygen atoms in total. The van der Waals surface area contributed by atoms with Crippen LogP contribution in [0.3, 0.4) is 0 Å². The maximum atomic E-state index is 9.60. The van der Waals surface area contributed by atoms with E-state index in [1.54, 1.807) is 0 Å². The first-order valence-electron chi connectivity index (χ1n) is 11.4. The van der Waals surface area contributed by atoms with Crippen molar-refractivity contribution >= 4 is 28.3 Å². The topological polar surface area (TPSA) is 60.7 Å². The maximum Gasteiger partial charge on any atom is 0.142 e. The van der Waals surface area contributed by atoms with Gasteiger partial charge in [0.15, 0.2) is 0 Å². The highest BCUT2D eigenvalue weighted by Crippen LogP contribution is 2.49. The number of aliphatic hydroxyl groups is 1. The van der Waals surface area contributed by atoms with Gasteiger partial charge in [-0.1, -0.05) is 67.8 Å². The van der Waals surface area contributed by atoms with Crippen LogP contribution < -0.4 is 10.6 Å². The average Bonchev–Trinajstić information content (AvgIpc) is 3.16. The average molecular weight is 452 g/mol. The fraction of sp³-hybridized carbons (Fsp3) is 0.385. The lowest BCUT2D eigenvalue weighted by atomic mass is 9.74. The number of anilines is 1. The second kappa shape index (κ2) is 8.81. The molecule has 0 amide bonds. The van der Waals surface area contributed by atoms with Crippen molar-refractivity contribution in [2.24, 2.45) is 0 Å². The molecular formula is C26H30ClN3O2. The Bertz CT molecular complexity index is 1120. The molecule has 2 heterocycles. The Hall–Kier alpha value is -2.47. The maximum absolute atomic E-state index is 9.60. The predicted molar refractivity (Wildman–Crippen MR) is 130 cm³/mol. The van der Waals surface area contributed by atoms with Crippen molar-refractivity contribution in [3.8, 4) is 0 Å². The molecule has 2 aromatic carbocycles. The molecule has 1 fully saturated rings. The van der Waals surface area contributed by atoms with Gasteiger partial charge >= 0.3 is 0 Å². The van der Waals surface area contributed by atoms with E-state index < -0.39 is 0 Å². The molecule has 1 aromatic heterocycles. The minimum absolute atomic E-state index is 0.105. The highest BCUT2D eigenvalue weighted by atomic mass is 35.5. The van der Waals surface area contributed by atoms with Crippen LogP contribution in [-0.4, -0.2) is 23.2 Å². The van der Waals surface area contributed by atoms with Crippen LogP contribution in [0.5, 0.6) is 0 Å². The van der Waals surface area contributed by atoms with E-state index in [0.717, 1.165) is 53.2 Å². The van der Waals surface area contributed by atoms with Crippen molar-refractivity contribution in [3.05, 3.63) is 76.8 Å². The van der Waals surface area contributed by atoms with E-state index >= 15 is 0 Å². The normalized spacial score (nSPS) is 17.4. The molecule has 1 saturated carbocycles. The molecule has 0 unspecified atom stereocenters. The summed E-state index contributed by atoms with van der Waals surface area (Å²) in [7, 11) is 0. The number of rotatable bonds is 6. The third kappa shape index (κ3) is 4.01. The predicted octanol–water partition coefficient (Wildman–Crippen LogP) is 5.73. The van der Waals surface area contributed by atoms with Crippen molar-refractivity contribution < 1.29 is 9.52 Å². The molecule has 3 aromatic rings. The summed E-state index contributed by atoms with van der Waals surface area (Å²) in [5.41, 5.74) is 3.98. The minimum atomic E-state index is -0.191. The van der Waals surface area contributed by atoms with Crippen molar-refractivity contribution in [2.75, 3.05) is 18.5 Å². The fourth-order valence-corrected chi connectivity index (χ4v) is 5.60. The number of halogens is 1. The van der Waals surface area contributed by atoms with Crippen molar-refractivity contribution in [3.63, 3.8) is 0 Å². The van der Waals surface area contributed by atoms with Crippen LogP contribution in [0.15, 0.2) is 59.3 Å². The Morgan fingerprint density at radius 1 is 1.09 bits per heavy atom. The van der Waals surface area contributed by atoms with E-state index in [1.165, 1.54) is 24.8 Å². The second-order valence-corrected chi connectivity index (χ2v) is 9.44. The molecule has 5 rings (SSSR count). The van der Waals surface area contributed by atoms with Crippen molar-refractivity contribution in [2.45, 2.75) is 50.7 Å². The third-order valence-electron chi connectivity index (χ3n) is 6.71. The van der Waals surface area contributed by atoms with Gasteiger partial charge in [0.05, 0.1) is 35.2 Å². The van der Waals surface area contributed by atoms with Gasteiger partial charge in [0.1, 0.15) is 11.3 Å². The van der Waals surface area contributed by atoms with Crippen molar-refractivity contribution in [1.82, 2.24) is 10.2 Å². The largest absolute Gasteiger partial charge is 0.459 e. The second-order valence-electron chi connectivity index (χ2n) is 9.03. The van der Waals surface area contributed by atoms with Crippen LogP contribution in [-0.2, 0) is 18.6 Å². The molecule has 3 N–H and O–H groups in total. The molecular weight excluding hydrogens is 422 g/mol. The van der Waals surface area contributed by atoms with Gasteiger partial charge in [0.25, 0.3) is 0 Å². The number of hydrogen-bond acceptors (Lipinski definition) is 5.